The van der Waals surface area contributed by atoms with Crippen LogP contribution in [0.25, 0.3) is 11.1 Å². The molecule has 0 saturated carbocycles. The smallest absolute Gasteiger partial charge is 0.340 e. The van der Waals surface area contributed by atoms with Gasteiger partial charge in [-0.3, -0.25) is 0 Å². The number of anilines is 1. The van der Waals surface area contributed by atoms with Crippen LogP contribution in [0.5, 0.6) is 0 Å². The lowest BCUT2D eigenvalue weighted by atomic mass is 9.99. The van der Waals surface area contributed by atoms with Gasteiger partial charge in [0, 0.05) is 30.3 Å². The highest BCUT2D eigenvalue weighted by atomic mass is 35.5. The van der Waals surface area contributed by atoms with Crippen LogP contribution in [0.3, 0.4) is 0 Å². The number of carbonyl (C=O) groups excluding carboxylic acids is 1. The zero-order valence-corrected chi connectivity index (χ0v) is 22.5. The number of carboxylic acids is 1. The van der Waals surface area contributed by atoms with Crippen LogP contribution in [0.15, 0.2) is 72.8 Å². The zero-order chi connectivity index (χ0) is 29.5. The predicted octanol–water partition coefficient (Wildman–Crippen LogP) is 1.79. The van der Waals surface area contributed by atoms with Crippen molar-refractivity contribution >= 4 is 29.2 Å². The summed E-state index contributed by atoms with van der Waals surface area (Å²) in [4.78, 5) is 24.1. The lowest BCUT2D eigenvalue weighted by Gasteiger charge is -2.37. The Labute approximate surface area is 240 Å². The number of esters is 1. The summed E-state index contributed by atoms with van der Waals surface area (Å²) < 4.78 is 10.2. The van der Waals surface area contributed by atoms with E-state index >= 15 is 0 Å². The van der Waals surface area contributed by atoms with Crippen LogP contribution in [0.4, 0.5) is 5.69 Å². The van der Waals surface area contributed by atoms with Crippen molar-refractivity contribution < 1.29 is 44.6 Å². The molecule has 3 aromatic carbocycles. The van der Waals surface area contributed by atoms with Crippen molar-refractivity contribution in [3.63, 3.8) is 0 Å². The maximum atomic E-state index is 12.8. The molecular formula is C29H31ClN2O9. The summed E-state index contributed by atoms with van der Waals surface area (Å²) in [5, 5.41) is 56.4. The van der Waals surface area contributed by atoms with E-state index in [9.17, 15) is 35.1 Å². The van der Waals surface area contributed by atoms with E-state index in [1.54, 1.807) is 36.4 Å². The highest BCUT2D eigenvalue weighted by Gasteiger charge is 2.48. The van der Waals surface area contributed by atoms with E-state index in [-0.39, 0.29) is 5.56 Å². The Morgan fingerprint density at radius 2 is 1.61 bits per heavy atom. The van der Waals surface area contributed by atoms with Gasteiger partial charge in [0.1, 0.15) is 18.3 Å². The molecule has 0 unspecified atom stereocenters. The molecule has 4 rings (SSSR count). The van der Waals surface area contributed by atoms with Crippen molar-refractivity contribution in [2.75, 3.05) is 25.0 Å². The monoisotopic (exact) mass is 586 g/mol. The van der Waals surface area contributed by atoms with E-state index in [0.717, 1.165) is 16.8 Å². The van der Waals surface area contributed by atoms with E-state index in [0.29, 0.717) is 30.2 Å². The van der Waals surface area contributed by atoms with E-state index in [1.807, 2.05) is 30.3 Å². The van der Waals surface area contributed by atoms with Crippen molar-refractivity contribution in [2.24, 2.45) is 0 Å². The molecule has 0 aliphatic carbocycles. The first-order valence-corrected chi connectivity index (χ1v) is 13.2. The van der Waals surface area contributed by atoms with Gasteiger partial charge in [0.15, 0.2) is 6.10 Å². The molecule has 3 aromatic rings. The SMILES string of the molecule is O=C(O[C@@H]1O[C@H](C(=O)O)[C@@H](O)[C@H](O)[C@H]1O)c1cccc(-c2cccc(NCCNC[C@H](O)c3cccc(Cl)c3)c2)c1. The second-order valence-corrected chi connectivity index (χ2v) is 9.94. The minimum absolute atomic E-state index is 0.103. The molecule has 6 atom stereocenters. The molecule has 12 heteroatoms. The third-order valence-electron chi connectivity index (χ3n) is 6.53. The number of carboxylic acid groups (broad SMARTS) is 1. The third kappa shape index (κ3) is 7.80. The predicted molar refractivity (Wildman–Crippen MR) is 149 cm³/mol. The number of aliphatic hydroxyl groups is 4. The molecule has 218 valence electrons. The van der Waals surface area contributed by atoms with Gasteiger partial charge in [-0.15, -0.1) is 0 Å². The molecule has 0 amide bonds. The molecule has 7 N–H and O–H groups in total. The molecule has 1 fully saturated rings. The van der Waals surface area contributed by atoms with Gasteiger partial charge < -0.3 is 45.6 Å². The maximum absolute atomic E-state index is 12.8. The average molecular weight is 587 g/mol. The normalized spacial score (nSPS) is 23.0. The van der Waals surface area contributed by atoms with Gasteiger partial charge in [0.2, 0.25) is 6.29 Å². The summed E-state index contributed by atoms with van der Waals surface area (Å²) in [6.07, 6.45) is -9.97. The summed E-state index contributed by atoms with van der Waals surface area (Å²) in [5.41, 5.74) is 3.16. The van der Waals surface area contributed by atoms with Crippen LogP contribution in [-0.2, 0) is 14.3 Å². The second-order valence-electron chi connectivity index (χ2n) is 9.50. The molecule has 0 radical (unpaired) electrons. The lowest BCUT2D eigenvalue weighted by molar-refractivity contribution is -0.278. The lowest BCUT2D eigenvalue weighted by Crippen LogP contribution is -2.60. The standard InChI is InChI=1S/C29H31ClN2O9/c30-20-8-2-6-18(13-20)22(33)15-31-10-11-32-21-9-3-5-17(14-21)16-4-1-7-19(12-16)28(39)41-29-25(36)23(34)24(35)26(40-29)27(37)38/h1-9,12-14,22-26,29,31-36H,10-11,15H2,(H,37,38)/t22-,23-,24-,25+,26-,29-/m0/s1. The number of rotatable bonds is 11. The largest absolute Gasteiger partial charge is 0.479 e. The van der Waals surface area contributed by atoms with Gasteiger partial charge in [0.05, 0.1) is 11.7 Å². The Morgan fingerprint density at radius 1 is 0.902 bits per heavy atom. The second kappa shape index (κ2) is 13.9. The van der Waals surface area contributed by atoms with Gasteiger partial charge in [-0.05, 0) is 53.1 Å². The minimum Gasteiger partial charge on any atom is -0.479 e. The van der Waals surface area contributed by atoms with Gasteiger partial charge in [-0.25, -0.2) is 9.59 Å². The zero-order valence-electron chi connectivity index (χ0n) is 21.8. The van der Waals surface area contributed by atoms with Crippen LogP contribution in [0.2, 0.25) is 5.02 Å². The third-order valence-corrected chi connectivity index (χ3v) is 6.77. The number of nitrogens with one attached hydrogen (secondary N) is 2. The highest BCUT2D eigenvalue weighted by molar-refractivity contribution is 6.30. The molecule has 1 heterocycles. The van der Waals surface area contributed by atoms with Crippen LogP contribution in [0.1, 0.15) is 22.0 Å². The van der Waals surface area contributed by atoms with Crippen molar-refractivity contribution in [3.8, 4) is 11.1 Å². The van der Waals surface area contributed by atoms with Crippen LogP contribution in [-0.4, -0.2) is 87.8 Å². The number of hydrogen-bond acceptors (Lipinski definition) is 10. The van der Waals surface area contributed by atoms with Gasteiger partial charge in [-0.2, -0.15) is 0 Å². The van der Waals surface area contributed by atoms with E-state index in [1.165, 1.54) is 6.07 Å². The summed E-state index contributed by atoms with van der Waals surface area (Å²) >= 11 is 5.98. The number of benzene rings is 3. The molecule has 0 aromatic heterocycles. The van der Waals surface area contributed by atoms with E-state index in [2.05, 4.69) is 10.6 Å². The molecule has 1 aliphatic heterocycles. The Balaban J connectivity index is 1.32. The number of hydrogen-bond donors (Lipinski definition) is 7. The highest BCUT2D eigenvalue weighted by Crippen LogP contribution is 2.26. The molecule has 1 aliphatic rings. The topological polar surface area (TPSA) is 178 Å². The Morgan fingerprint density at radius 3 is 2.34 bits per heavy atom. The quantitative estimate of drug-likeness (QED) is 0.129. The average Bonchev–Trinajstić information content (AvgIpc) is 2.97. The fraction of sp³-hybridized carbons (Fsp3) is 0.310. The first kappa shape index (κ1) is 30.4. The van der Waals surface area contributed by atoms with Gasteiger partial charge in [0.25, 0.3) is 0 Å². The van der Waals surface area contributed by atoms with Crippen molar-refractivity contribution in [1.82, 2.24) is 5.32 Å². The Bertz CT molecular complexity index is 1360. The number of aliphatic carboxylic acids is 1. The number of carbonyl (C=O) groups is 2. The van der Waals surface area contributed by atoms with Gasteiger partial charge in [-0.1, -0.05) is 48.0 Å². The fourth-order valence-electron chi connectivity index (χ4n) is 4.32. The van der Waals surface area contributed by atoms with Crippen LogP contribution >= 0.6 is 11.6 Å². The molecular weight excluding hydrogens is 556 g/mol. The van der Waals surface area contributed by atoms with Crippen LogP contribution < -0.4 is 10.6 Å². The molecule has 1 saturated heterocycles. The van der Waals surface area contributed by atoms with Crippen molar-refractivity contribution in [2.45, 2.75) is 36.8 Å². The molecule has 0 spiro atoms. The maximum Gasteiger partial charge on any atom is 0.340 e. The number of halogens is 1. The molecule has 0 bridgehead atoms. The number of ether oxygens (including phenoxy) is 2. The summed E-state index contributed by atoms with van der Waals surface area (Å²) in [5.74, 6) is -2.49. The van der Waals surface area contributed by atoms with Crippen LogP contribution in [0, 0.1) is 0 Å². The van der Waals surface area contributed by atoms with Crippen molar-refractivity contribution in [3.05, 3.63) is 88.9 Å². The molecule has 11 nitrogen and oxygen atoms in total. The van der Waals surface area contributed by atoms with Crippen molar-refractivity contribution in [1.29, 1.82) is 0 Å². The fourth-order valence-corrected chi connectivity index (χ4v) is 4.52. The summed E-state index contributed by atoms with van der Waals surface area (Å²) in [6, 6.07) is 21.1. The summed E-state index contributed by atoms with van der Waals surface area (Å²) in [7, 11) is 0. The summed E-state index contributed by atoms with van der Waals surface area (Å²) in [6.45, 7) is 1.54. The Kier molecular flexibility index (Phi) is 10.3. The minimum atomic E-state index is -1.89. The number of aliphatic hydroxyl groups excluding tert-OH is 4. The first-order valence-electron chi connectivity index (χ1n) is 12.9. The Hall–Kier alpha value is -3.55. The van der Waals surface area contributed by atoms with E-state index in [4.69, 9.17) is 21.1 Å². The first-order chi connectivity index (χ1) is 19.6. The van der Waals surface area contributed by atoms with Gasteiger partial charge >= 0.3 is 11.9 Å². The molecule has 41 heavy (non-hydrogen) atoms. The van der Waals surface area contributed by atoms with E-state index < -0.39 is 48.7 Å².